The fraction of sp³-hybridized carbons (Fsp3) is 0.933. The zero-order valence-corrected chi connectivity index (χ0v) is 15.5. The molecule has 1 heterocycles. The summed E-state index contributed by atoms with van der Waals surface area (Å²) in [5, 5.41) is 6.20. The van der Waals surface area contributed by atoms with E-state index in [2.05, 4.69) is 44.5 Å². The summed E-state index contributed by atoms with van der Waals surface area (Å²) in [5.74, 6) is -0.557. The van der Waals surface area contributed by atoms with Crippen LogP contribution in [0.25, 0.3) is 0 Å². The van der Waals surface area contributed by atoms with Gasteiger partial charge in [0.05, 0.1) is 6.10 Å². The van der Waals surface area contributed by atoms with Gasteiger partial charge in [-0.3, -0.25) is 4.79 Å². The number of rotatable bonds is 5. The second kappa shape index (κ2) is 6.34. The molecule has 0 saturated carbocycles. The van der Waals surface area contributed by atoms with E-state index < -0.39 is 19.9 Å². The Morgan fingerprint density at radius 2 is 1.90 bits per heavy atom. The molecule has 124 valence electrons. The third-order valence-corrected chi connectivity index (χ3v) is 9.03. The Labute approximate surface area is 129 Å². The van der Waals surface area contributed by atoms with E-state index in [0.29, 0.717) is 6.54 Å². The number of hydrogen-bond acceptors (Lipinski definition) is 3. The second-order valence-electron chi connectivity index (χ2n) is 8.02. The first-order chi connectivity index (χ1) is 9.33. The predicted molar refractivity (Wildman–Crippen MR) is 86.7 cm³/mol. The molecule has 1 aliphatic rings. The van der Waals surface area contributed by atoms with Gasteiger partial charge in [0, 0.05) is 19.1 Å². The summed E-state index contributed by atoms with van der Waals surface area (Å²) in [6.45, 7) is 15.0. The molecule has 1 amide bonds. The van der Waals surface area contributed by atoms with E-state index in [4.69, 9.17) is 4.43 Å². The molecule has 21 heavy (non-hydrogen) atoms. The van der Waals surface area contributed by atoms with Gasteiger partial charge in [0.2, 0.25) is 0 Å². The van der Waals surface area contributed by atoms with Crippen LogP contribution in [-0.2, 0) is 9.22 Å². The summed E-state index contributed by atoms with van der Waals surface area (Å²) < 4.78 is 19.8. The van der Waals surface area contributed by atoms with E-state index in [0.717, 1.165) is 13.0 Å². The van der Waals surface area contributed by atoms with E-state index in [1.165, 1.54) is 13.8 Å². The molecule has 1 saturated heterocycles. The molecule has 1 fully saturated rings. The van der Waals surface area contributed by atoms with E-state index >= 15 is 0 Å². The quantitative estimate of drug-likeness (QED) is 0.766. The van der Waals surface area contributed by atoms with Crippen molar-refractivity contribution in [2.45, 2.75) is 77.0 Å². The van der Waals surface area contributed by atoms with Crippen LogP contribution in [0.15, 0.2) is 0 Å². The predicted octanol–water partition coefficient (Wildman–Crippen LogP) is 2.60. The lowest BCUT2D eigenvalue weighted by Crippen LogP contribution is -2.44. The van der Waals surface area contributed by atoms with Gasteiger partial charge in [-0.15, -0.1) is 0 Å². The number of carbonyl (C=O) groups is 1. The monoisotopic (exact) mass is 318 g/mol. The molecule has 0 aromatic heterocycles. The largest absolute Gasteiger partial charge is 0.413 e. The van der Waals surface area contributed by atoms with Crippen LogP contribution in [0.2, 0.25) is 18.1 Å². The summed E-state index contributed by atoms with van der Waals surface area (Å²) in [6, 6.07) is 0.158. The summed E-state index contributed by atoms with van der Waals surface area (Å²) in [4.78, 5) is 11.5. The molecule has 0 aliphatic carbocycles. The lowest BCUT2D eigenvalue weighted by atomic mass is 10.1. The zero-order chi connectivity index (χ0) is 16.5. The van der Waals surface area contributed by atoms with Crippen LogP contribution in [-0.4, -0.2) is 45.1 Å². The third-order valence-electron chi connectivity index (χ3n) is 4.50. The highest BCUT2D eigenvalue weighted by molar-refractivity contribution is 6.74. The van der Waals surface area contributed by atoms with E-state index in [1.807, 2.05) is 0 Å². The van der Waals surface area contributed by atoms with Crippen molar-refractivity contribution in [1.82, 2.24) is 10.6 Å². The summed E-state index contributed by atoms with van der Waals surface area (Å²) in [6.07, 6.45) is 1.05. The highest BCUT2D eigenvalue weighted by Crippen LogP contribution is 2.38. The molecule has 0 spiro atoms. The van der Waals surface area contributed by atoms with Crippen LogP contribution in [0, 0.1) is 0 Å². The highest BCUT2D eigenvalue weighted by Gasteiger charge is 2.40. The fourth-order valence-electron chi connectivity index (χ4n) is 2.05. The summed E-state index contributed by atoms with van der Waals surface area (Å²) >= 11 is 0. The van der Waals surface area contributed by atoms with E-state index in [-0.39, 0.29) is 17.2 Å². The highest BCUT2D eigenvalue weighted by atomic mass is 28.4. The smallest absolute Gasteiger partial charge is 0.257 e. The van der Waals surface area contributed by atoms with Crippen LogP contribution < -0.4 is 10.6 Å². The molecule has 1 aliphatic heterocycles. The van der Waals surface area contributed by atoms with Crippen molar-refractivity contribution < 1.29 is 13.6 Å². The van der Waals surface area contributed by atoms with Gasteiger partial charge in [-0.1, -0.05) is 20.8 Å². The Hall–Kier alpha value is -0.463. The van der Waals surface area contributed by atoms with Gasteiger partial charge >= 0.3 is 0 Å². The molecule has 0 bridgehead atoms. The summed E-state index contributed by atoms with van der Waals surface area (Å²) in [7, 11) is -1.76. The van der Waals surface area contributed by atoms with Crippen LogP contribution in [0.1, 0.15) is 41.0 Å². The molecule has 0 unspecified atom stereocenters. The van der Waals surface area contributed by atoms with E-state index in [1.54, 1.807) is 0 Å². The average molecular weight is 319 g/mol. The average Bonchev–Trinajstić information content (AvgIpc) is 2.69. The number of hydrogen-bond donors (Lipinski definition) is 2. The van der Waals surface area contributed by atoms with Crippen molar-refractivity contribution in [1.29, 1.82) is 0 Å². The van der Waals surface area contributed by atoms with E-state index in [9.17, 15) is 9.18 Å². The van der Waals surface area contributed by atoms with Crippen LogP contribution in [0.3, 0.4) is 0 Å². The molecule has 0 aromatic rings. The molecule has 0 aromatic carbocycles. The van der Waals surface area contributed by atoms with Gasteiger partial charge in [0.1, 0.15) is 0 Å². The standard InChI is InChI=1S/C15H31FN2O2Si/c1-14(2,3)21(6,7)20-12-8-11(17-10-12)9-18-13(19)15(4,5)16/h11-12,17H,8-10H2,1-7H3,(H,18,19)/t11-,12+/m0/s1. The van der Waals surface area contributed by atoms with Crippen molar-refractivity contribution in [2.75, 3.05) is 13.1 Å². The van der Waals surface area contributed by atoms with Crippen molar-refractivity contribution in [2.24, 2.45) is 0 Å². The third kappa shape index (κ3) is 5.34. The Kier molecular flexibility index (Phi) is 5.61. The van der Waals surface area contributed by atoms with Crippen molar-refractivity contribution >= 4 is 14.2 Å². The fourth-order valence-corrected chi connectivity index (χ4v) is 3.41. The van der Waals surface area contributed by atoms with Gasteiger partial charge in [0.15, 0.2) is 14.0 Å². The minimum absolute atomic E-state index is 0.158. The zero-order valence-electron chi connectivity index (χ0n) is 14.5. The van der Waals surface area contributed by atoms with Gasteiger partial charge in [0.25, 0.3) is 5.91 Å². The first-order valence-electron chi connectivity index (χ1n) is 7.71. The van der Waals surface area contributed by atoms with Crippen LogP contribution >= 0.6 is 0 Å². The van der Waals surface area contributed by atoms with Gasteiger partial charge in [-0.2, -0.15) is 0 Å². The Morgan fingerprint density at radius 3 is 2.38 bits per heavy atom. The maximum Gasteiger partial charge on any atom is 0.257 e. The number of carbonyl (C=O) groups excluding carboxylic acids is 1. The Balaban J connectivity index is 2.42. The molecule has 1 rings (SSSR count). The normalized spacial score (nSPS) is 24.2. The molecule has 4 nitrogen and oxygen atoms in total. The molecule has 6 heteroatoms. The molecular formula is C15H31FN2O2Si. The van der Waals surface area contributed by atoms with Gasteiger partial charge in [-0.05, 0) is 38.4 Å². The lowest BCUT2D eigenvalue weighted by Gasteiger charge is -2.38. The number of halogens is 1. The first kappa shape index (κ1) is 18.6. The van der Waals surface area contributed by atoms with Gasteiger partial charge in [-0.25, -0.2) is 4.39 Å². The number of alkyl halides is 1. The molecule has 2 N–H and O–H groups in total. The minimum Gasteiger partial charge on any atom is -0.413 e. The molecule has 0 radical (unpaired) electrons. The number of amides is 1. The van der Waals surface area contributed by atoms with Crippen molar-refractivity contribution in [3.63, 3.8) is 0 Å². The Morgan fingerprint density at radius 1 is 1.33 bits per heavy atom. The minimum atomic E-state index is -1.82. The van der Waals surface area contributed by atoms with Crippen molar-refractivity contribution in [3.05, 3.63) is 0 Å². The van der Waals surface area contributed by atoms with Crippen molar-refractivity contribution in [3.8, 4) is 0 Å². The maximum atomic E-state index is 13.4. The first-order valence-corrected chi connectivity index (χ1v) is 10.6. The molecule has 2 atom stereocenters. The Bertz CT molecular complexity index is 375. The van der Waals surface area contributed by atoms with Crippen LogP contribution in [0.4, 0.5) is 4.39 Å². The van der Waals surface area contributed by atoms with Gasteiger partial charge < -0.3 is 15.1 Å². The lowest BCUT2D eigenvalue weighted by molar-refractivity contribution is -0.130. The number of nitrogens with one attached hydrogen (secondary N) is 2. The summed E-state index contributed by atoms with van der Waals surface area (Å²) in [5.41, 5.74) is -1.82. The SMILES string of the molecule is CC(C)(F)C(=O)NC[C@@H]1C[C@@H](O[Si](C)(C)C(C)(C)C)CN1. The van der Waals surface area contributed by atoms with Crippen LogP contribution in [0.5, 0.6) is 0 Å². The topological polar surface area (TPSA) is 50.4 Å². The second-order valence-corrected chi connectivity index (χ2v) is 12.8. The maximum absolute atomic E-state index is 13.4. The molecular weight excluding hydrogens is 287 g/mol.